The standard InChI is InChI=1S/C30H42BrN3O6/c1-5-16-33(21-14-12-20(13-15-21)32(6-2)7-3)28(37)26-30-19-22(31)25(40-30)23(29(38)39-8-4)24(30)27(36)34(26)17-10-9-11-18-35/h5,12-15,22-26,35H,1,6-11,16-19H2,2-4H3/t22?,23-,24+,25-,26-,30+/m0/s1. The molecule has 3 saturated heterocycles. The zero-order valence-corrected chi connectivity index (χ0v) is 25.3. The molecule has 1 aromatic rings. The van der Waals surface area contributed by atoms with Gasteiger partial charge in [0.1, 0.15) is 11.6 Å². The van der Waals surface area contributed by atoms with Gasteiger partial charge in [-0.1, -0.05) is 22.0 Å². The van der Waals surface area contributed by atoms with Gasteiger partial charge in [-0.3, -0.25) is 14.4 Å². The van der Waals surface area contributed by atoms with Crippen LogP contribution >= 0.6 is 15.9 Å². The first kappa shape index (κ1) is 30.5. The molecule has 1 aromatic carbocycles. The fourth-order valence-electron chi connectivity index (χ4n) is 6.76. The lowest BCUT2D eigenvalue weighted by Crippen LogP contribution is -2.57. The van der Waals surface area contributed by atoms with Crippen molar-refractivity contribution in [1.82, 2.24) is 4.90 Å². The minimum atomic E-state index is -1.14. The number of aliphatic hydroxyl groups is 1. The van der Waals surface area contributed by atoms with E-state index in [4.69, 9.17) is 9.47 Å². The Kier molecular flexibility index (Phi) is 9.95. The van der Waals surface area contributed by atoms with Gasteiger partial charge in [-0.25, -0.2) is 0 Å². The van der Waals surface area contributed by atoms with Crippen molar-refractivity contribution in [2.75, 3.05) is 49.2 Å². The Bertz CT molecular complexity index is 1080. The lowest BCUT2D eigenvalue weighted by molar-refractivity contribution is -0.154. The van der Waals surface area contributed by atoms with Crippen LogP contribution in [0.4, 0.5) is 11.4 Å². The number of rotatable bonds is 14. The maximum atomic E-state index is 14.6. The number of alkyl halides is 1. The Morgan fingerprint density at radius 1 is 1.18 bits per heavy atom. The van der Waals surface area contributed by atoms with E-state index in [0.717, 1.165) is 18.8 Å². The maximum absolute atomic E-state index is 14.6. The Balaban J connectivity index is 1.72. The number of nitrogens with zero attached hydrogens (tertiary/aromatic N) is 3. The van der Waals surface area contributed by atoms with Gasteiger partial charge in [0.15, 0.2) is 0 Å². The molecular weight excluding hydrogens is 578 g/mol. The van der Waals surface area contributed by atoms with Gasteiger partial charge < -0.3 is 29.3 Å². The van der Waals surface area contributed by atoms with E-state index in [1.165, 1.54) is 0 Å². The summed E-state index contributed by atoms with van der Waals surface area (Å²) in [6.45, 7) is 12.4. The lowest BCUT2D eigenvalue weighted by Gasteiger charge is -2.37. The fourth-order valence-corrected chi connectivity index (χ4v) is 7.70. The molecule has 0 saturated carbocycles. The first-order chi connectivity index (χ1) is 19.3. The van der Waals surface area contributed by atoms with Crippen molar-refractivity contribution in [2.45, 2.75) is 69.0 Å². The molecule has 220 valence electrons. The van der Waals surface area contributed by atoms with E-state index >= 15 is 0 Å². The van der Waals surface area contributed by atoms with Gasteiger partial charge in [0.25, 0.3) is 5.91 Å². The van der Waals surface area contributed by atoms with E-state index in [1.807, 2.05) is 24.3 Å². The summed E-state index contributed by atoms with van der Waals surface area (Å²) in [7, 11) is 0. The third-order valence-electron chi connectivity index (χ3n) is 8.51. The fraction of sp³-hybridized carbons (Fsp3) is 0.633. The molecule has 9 nitrogen and oxygen atoms in total. The Hall–Kier alpha value is -2.43. The van der Waals surface area contributed by atoms with Crippen molar-refractivity contribution < 1.29 is 29.0 Å². The number of carbonyl (C=O) groups is 3. The van der Waals surface area contributed by atoms with Gasteiger partial charge in [0.2, 0.25) is 5.91 Å². The third kappa shape index (κ3) is 5.30. The van der Waals surface area contributed by atoms with Crippen LogP contribution < -0.4 is 9.80 Å². The minimum absolute atomic E-state index is 0.0699. The molecule has 4 rings (SSSR count). The summed E-state index contributed by atoms with van der Waals surface area (Å²) in [5, 5.41) is 9.25. The Labute approximate surface area is 245 Å². The van der Waals surface area contributed by atoms with Gasteiger partial charge in [0, 0.05) is 49.0 Å². The van der Waals surface area contributed by atoms with E-state index in [9.17, 15) is 19.5 Å². The molecule has 2 bridgehead atoms. The average molecular weight is 621 g/mol. The molecule has 0 aromatic heterocycles. The van der Waals surface area contributed by atoms with Crippen LogP contribution in [0.25, 0.3) is 0 Å². The van der Waals surface area contributed by atoms with Crippen LogP contribution in [0.5, 0.6) is 0 Å². The van der Waals surface area contributed by atoms with Gasteiger partial charge in [0.05, 0.1) is 24.5 Å². The second-order valence-corrected chi connectivity index (χ2v) is 11.8. The van der Waals surface area contributed by atoms with E-state index in [-0.39, 0.29) is 36.4 Å². The van der Waals surface area contributed by atoms with Crippen molar-refractivity contribution >= 4 is 45.1 Å². The largest absolute Gasteiger partial charge is 0.466 e. The summed E-state index contributed by atoms with van der Waals surface area (Å²) in [6, 6.07) is 6.96. The number of unbranched alkanes of at least 4 members (excludes halogenated alkanes) is 2. The predicted molar refractivity (Wildman–Crippen MR) is 158 cm³/mol. The number of hydrogen-bond acceptors (Lipinski definition) is 7. The molecule has 10 heteroatoms. The number of esters is 1. The van der Waals surface area contributed by atoms with Crippen LogP contribution in [-0.4, -0.2) is 89.8 Å². The van der Waals surface area contributed by atoms with E-state index < -0.39 is 35.6 Å². The first-order valence-electron chi connectivity index (χ1n) is 14.5. The van der Waals surface area contributed by atoms with Crippen LogP contribution in [-0.2, 0) is 23.9 Å². The van der Waals surface area contributed by atoms with E-state index in [2.05, 4.69) is 41.3 Å². The van der Waals surface area contributed by atoms with Crippen molar-refractivity contribution in [1.29, 1.82) is 0 Å². The van der Waals surface area contributed by atoms with Crippen molar-refractivity contribution in [3.63, 3.8) is 0 Å². The van der Waals surface area contributed by atoms with E-state index in [0.29, 0.717) is 37.9 Å². The number of benzene rings is 1. The maximum Gasteiger partial charge on any atom is 0.312 e. The number of hydrogen-bond donors (Lipinski definition) is 1. The molecule has 40 heavy (non-hydrogen) atoms. The monoisotopic (exact) mass is 619 g/mol. The summed E-state index contributed by atoms with van der Waals surface area (Å²) in [5.41, 5.74) is 0.637. The SMILES string of the molecule is C=CCN(C(=O)[C@@H]1N(CCCCCO)C(=O)[C@H]2[C@H](C(=O)OCC)[C@H]3O[C@@]12CC3Br)c1ccc(N(CC)CC)cc1. The summed E-state index contributed by atoms with van der Waals surface area (Å²) < 4.78 is 11.9. The number of carbonyl (C=O) groups excluding carboxylic acids is 3. The van der Waals surface area contributed by atoms with E-state index in [1.54, 1.807) is 22.8 Å². The topological polar surface area (TPSA) is 99.6 Å². The number of anilines is 2. The molecule has 3 aliphatic rings. The van der Waals surface area contributed by atoms with Gasteiger partial charge >= 0.3 is 5.97 Å². The van der Waals surface area contributed by atoms with Crippen molar-refractivity contribution in [3.05, 3.63) is 36.9 Å². The zero-order chi connectivity index (χ0) is 29.0. The highest BCUT2D eigenvalue weighted by Crippen LogP contribution is 2.60. The predicted octanol–water partition coefficient (Wildman–Crippen LogP) is 3.53. The van der Waals surface area contributed by atoms with Gasteiger partial charge in [-0.2, -0.15) is 0 Å². The van der Waals surface area contributed by atoms with Crippen LogP contribution in [0.3, 0.4) is 0 Å². The van der Waals surface area contributed by atoms with Crippen molar-refractivity contribution in [3.8, 4) is 0 Å². The number of likely N-dealkylation sites (tertiary alicyclic amines) is 1. The second-order valence-electron chi connectivity index (χ2n) is 10.7. The number of fused-ring (bicyclic) bond motifs is 1. The van der Waals surface area contributed by atoms with Crippen molar-refractivity contribution in [2.24, 2.45) is 11.8 Å². The number of halogens is 1. The molecule has 3 heterocycles. The number of amides is 2. The highest BCUT2D eigenvalue weighted by atomic mass is 79.9. The number of ether oxygens (including phenoxy) is 2. The summed E-state index contributed by atoms with van der Waals surface area (Å²) in [6.07, 6.45) is 3.54. The van der Waals surface area contributed by atoms with Crippen LogP contribution in [0, 0.1) is 11.8 Å². The molecule has 0 aliphatic carbocycles. The Morgan fingerprint density at radius 2 is 1.85 bits per heavy atom. The number of aliphatic hydroxyl groups excluding tert-OH is 1. The molecule has 6 atom stereocenters. The zero-order valence-electron chi connectivity index (χ0n) is 23.8. The summed E-state index contributed by atoms with van der Waals surface area (Å²) >= 11 is 3.69. The van der Waals surface area contributed by atoms with Crippen LogP contribution in [0.2, 0.25) is 0 Å². The highest BCUT2D eigenvalue weighted by molar-refractivity contribution is 9.09. The second kappa shape index (κ2) is 13.0. The Morgan fingerprint density at radius 3 is 2.45 bits per heavy atom. The van der Waals surface area contributed by atoms with Gasteiger partial charge in [-0.15, -0.1) is 6.58 Å². The third-order valence-corrected chi connectivity index (χ3v) is 9.35. The summed E-state index contributed by atoms with van der Waals surface area (Å²) in [4.78, 5) is 47.1. The summed E-state index contributed by atoms with van der Waals surface area (Å²) in [5.74, 6) is -2.51. The average Bonchev–Trinajstić information content (AvgIpc) is 3.54. The molecule has 1 spiro atoms. The molecule has 1 N–H and O–H groups in total. The molecule has 3 aliphatic heterocycles. The normalized spacial score (nSPS) is 28.5. The first-order valence-corrected chi connectivity index (χ1v) is 15.4. The lowest BCUT2D eigenvalue weighted by atomic mass is 9.70. The quantitative estimate of drug-likeness (QED) is 0.147. The van der Waals surface area contributed by atoms with Crippen LogP contribution in [0.1, 0.15) is 46.5 Å². The smallest absolute Gasteiger partial charge is 0.312 e. The molecule has 0 radical (unpaired) electrons. The molecule has 1 unspecified atom stereocenters. The van der Waals surface area contributed by atoms with Crippen LogP contribution in [0.15, 0.2) is 36.9 Å². The molecule has 2 amide bonds. The molecule has 3 fully saturated rings. The van der Waals surface area contributed by atoms with Gasteiger partial charge in [-0.05, 0) is 70.7 Å². The highest BCUT2D eigenvalue weighted by Gasteiger charge is 2.77. The molecular formula is C30H42BrN3O6. The minimum Gasteiger partial charge on any atom is -0.466 e.